The van der Waals surface area contributed by atoms with Gasteiger partial charge in [0, 0.05) is 48.6 Å². The summed E-state index contributed by atoms with van der Waals surface area (Å²) in [5, 5.41) is 14.3. The van der Waals surface area contributed by atoms with Crippen LogP contribution < -0.4 is 5.32 Å². The van der Waals surface area contributed by atoms with E-state index in [1.54, 1.807) is 0 Å². The molecule has 0 radical (unpaired) electrons. The molecule has 0 amide bonds. The molecule has 7 heteroatoms. The van der Waals surface area contributed by atoms with Crippen LogP contribution in [-0.4, -0.2) is 43.9 Å². The average Bonchev–Trinajstić information content (AvgIpc) is 3.15. The summed E-state index contributed by atoms with van der Waals surface area (Å²) in [6.07, 6.45) is 6.90. The van der Waals surface area contributed by atoms with Crippen LogP contribution in [-0.2, 0) is 11.3 Å². The molecule has 3 heterocycles. The Morgan fingerprint density at radius 3 is 2.73 bits per heavy atom. The van der Waals surface area contributed by atoms with E-state index in [-0.39, 0.29) is 17.9 Å². The zero-order valence-corrected chi connectivity index (χ0v) is 18.0. The highest BCUT2D eigenvalue weighted by molar-refractivity contribution is 5.79. The zero-order valence-electron chi connectivity index (χ0n) is 18.0. The number of aliphatic hydroxyl groups is 1. The first kappa shape index (κ1) is 20.8. The van der Waals surface area contributed by atoms with Crippen molar-refractivity contribution in [1.29, 1.82) is 0 Å². The van der Waals surface area contributed by atoms with Crippen molar-refractivity contribution < 1.29 is 9.84 Å². The SMILES string of the molecule is CCCn1cnc2cc(N[C@H](c3cnc(C(C)C)nc3)[C@@H]3COCC[C@@H]3O)ccc21. The predicted molar refractivity (Wildman–Crippen MR) is 117 cm³/mol. The van der Waals surface area contributed by atoms with Gasteiger partial charge in [-0.15, -0.1) is 0 Å². The normalized spacial score (nSPS) is 20.6. The third-order valence-electron chi connectivity index (χ3n) is 5.77. The monoisotopic (exact) mass is 409 g/mol. The second kappa shape index (κ2) is 9.10. The Labute approximate surface area is 177 Å². The van der Waals surface area contributed by atoms with Crippen molar-refractivity contribution in [3.63, 3.8) is 0 Å². The van der Waals surface area contributed by atoms with Crippen LogP contribution in [0.4, 0.5) is 5.69 Å². The Kier molecular flexibility index (Phi) is 6.29. The number of anilines is 1. The first-order valence-electron chi connectivity index (χ1n) is 10.9. The molecule has 1 fully saturated rings. The summed E-state index contributed by atoms with van der Waals surface area (Å²) in [4.78, 5) is 13.7. The highest BCUT2D eigenvalue weighted by atomic mass is 16.5. The molecule has 0 spiro atoms. The Morgan fingerprint density at radius 1 is 1.23 bits per heavy atom. The van der Waals surface area contributed by atoms with Crippen molar-refractivity contribution in [3.05, 3.63) is 48.3 Å². The van der Waals surface area contributed by atoms with E-state index in [1.165, 1.54) is 0 Å². The standard InChI is InChI=1S/C23H31N5O2/c1-4-8-28-14-26-19-10-17(5-6-20(19)28)27-22(18-13-30-9-7-21(18)29)16-11-24-23(15(2)3)25-12-16/h5-6,10-12,14-15,18,21-22,27,29H,4,7-9,13H2,1-3H3/t18-,21+,22-/m1/s1. The number of aryl methyl sites for hydroxylation is 1. The van der Waals surface area contributed by atoms with Crippen LogP contribution in [0.2, 0.25) is 0 Å². The molecular weight excluding hydrogens is 378 g/mol. The topological polar surface area (TPSA) is 85.1 Å². The second-order valence-corrected chi connectivity index (χ2v) is 8.39. The fraction of sp³-hybridized carbons (Fsp3) is 0.522. The molecular formula is C23H31N5O2. The molecule has 1 saturated heterocycles. The predicted octanol–water partition coefficient (Wildman–Crippen LogP) is 3.91. The summed E-state index contributed by atoms with van der Waals surface area (Å²) in [7, 11) is 0. The first-order valence-corrected chi connectivity index (χ1v) is 10.9. The highest BCUT2D eigenvalue weighted by Gasteiger charge is 2.33. The Morgan fingerprint density at radius 2 is 2.03 bits per heavy atom. The molecule has 160 valence electrons. The summed E-state index contributed by atoms with van der Waals surface area (Å²) in [5.74, 6) is 1.01. The van der Waals surface area contributed by atoms with Gasteiger partial charge in [-0.1, -0.05) is 20.8 Å². The molecule has 2 N–H and O–H groups in total. The van der Waals surface area contributed by atoms with E-state index in [0.29, 0.717) is 19.6 Å². The number of fused-ring (bicyclic) bond motifs is 1. The van der Waals surface area contributed by atoms with Crippen LogP contribution in [0.5, 0.6) is 0 Å². The van der Waals surface area contributed by atoms with Crippen LogP contribution in [0.3, 0.4) is 0 Å². The van der Waals surface area contributed by atoms with E-state index in [9.17, 15) is 5.11 Å². The Bertz CT molecular complexity index is 969. The maximum absolute atomic E-state index is 10.7. The third kappa shape index (κ3) is 4.32. The summed E-state index contributed by atoms with van der Waals surface area (Å²) in [6.45, 7) is 8.37. The number of ether oxygens (including phenoxy) is 1. The molecule has 7 nitrogen and oxygen atoms in total. The van der Waals surface area contributed by atoms with Gasteiger partial charge < -0.3 is 19.7 Å². The molecule has 1 aliphatic heterocycles. The number of hydrogen-bond acceptors (Lipinski definition) is 6. The Balaban J connectivity index is 1.64. The number of nitrogens with one attached hydrogen (secondary N) is 1. The van der Waals surface area contributed by atoms with E-state index in [4.69, 9.17) is 4.74 Å². The number of benzene rings is 1. The maximum Gasteiger partial charge on any atom is 0.130 e. The van der Waals surface area contributed by atoms with E-state index >= 15 is 0 Å². The van der Waals surface area contributed by atoms with Gasteiger partial charge >= 0.3 is 0 Å². The largest absolute Gasteiger partial charge is 0.393 e. The van der Waals surface area contributed by atoms with Crippen molar-refractivity contribution in [2.24, 2.45) is 5.92 Å². The van der Waals surface area contributed by atoms with Gasteiger partial charge in [0.2, 0.25) is 0 Å². The van der Waals surface area contributed by atoms with Crippen LogP contribution in [0.1, 0.15) is 57.0 Å². The summed E-state index contributed by atoms with van der Waals surface area (Å²) < 4.78 is 7.87. The molecule has 1 aliphatic rings. The molecule has 0 bridgehead atoms. The summed E-state index contributed by atoms with van der Waals surface area (Å²) in [5.41, 5.74) is 3.99. The first-order chi connectivity index (χ1) is 14.6. The van der Waals surface area contributed by atoms with Gasteiger partial charge in [-0.2, -0.15) is 0 Å². The lowest BCUT2D eigenvalue weighted by Gasteiger charge is -2.35. The molecule has 3 aromatic rings. The van der Waals surface area contributed by atoms with Gasteiger partial charge in [0.15, 0.2) is 0 Å². The molecule has 3 atom stereocenters. The quantitative estimate of drug-likeness (QED) is 0.615. The van der Waals surface area contributed by atoms with Gasteiger partial charge in [0.25, 0.3) is 0 Å². The van der Waals surface area contributed by atoms with Gasteiger partial charge in [0.1, 0.15) is 5.82 Å². The van der Waals surface area contributed by atoms with Gasteiger partial charge in [0.05, 0.1) is 36.1 Å². The summed E-state index contributed by atoms with van der Waals surface area (Å²) in [6, 6.07) is 6.08. The molecule has 2 aromatic heterocycles. The minimum atomic E-state index is -0.437. The number of rotatable bonds is 7. The van der Waals surface area contributed by atoms with Crippen molar-refractivity contribution in [2.75, 3.05) is 18.5 Å². The van der Waals surface area contributed by atoms with Crippen molar-refractivity contribution in [2.45, 2.75) is 58.2 Å². The van der Waals surface area contributed by atoms with Gasteiger partial charge in [-0.3, -0.25) is 0 Å². The van der Waals surface area contributed by atoms with Crippen molar-refractivity contribution >= 4 is 16.7 Å². The van der Waals surface area contributed by atoms with Crippen molar-refractivity contribution in [1.82, 2.24) is 19.5 Å². The third-order valence-corrected chi connectivity index (χ3v) is 5.77. The van der Waals surface area contributed by atoms with E-state index in [2.05, 4.69) is 63.8 Å². The van der Waals surface area contributed by atoms with Crippen LogP contribution in [0.25, 0.3) is 11.0 Å². The molecule has 0 saturated carbocycles. The average molecular weight is 410 g/mol. The molecule has 4 rings (SSSR count). The zero-order chi connectivity index (χ0) is 21.1. The van der Waals surface area contributed by atoms with Crippen molar-refractivity contribution in [3.8, 4) is 0 Å². The molecule has 1 aromatic carbocycles. The lowest BCUT2D eigenvalue weighted by Crippen LogP contribution is -2.39. The van der Waals surface area contributed by atoms with Crippen LogP contribution in [0.15, 0.2) is 36.9 Å². The number of imidazole rings is 1. The van der Waals surface area contributed by atoms with Gasteiger partial charge in [-0.25, -0.2) is 15.0 Å². The molecule has 0 aliphatic carbocycles. The minimum absolute atomic E-state index is 0.0828. The fourth-order valence-corrected chi connectivity index (χ4v) is 4.06. The number of hydrogen-bond donors (Lipinski definition) is 2. The number of aromatic nitrogens is 4. The second-order valence-electron chi connectivity index (χ2n) is 8.39. The van der Waals surface area contributed by atoms with Gasteiger partial charge in [-0.05, 0) is 31.0 Å². The lowest BCUT2D eigenvalue weighted by atomic mass is 9.87. The van der Waals surface area contributed by atoms with Crippen LogP contribution >= 0.6 is 0 Å². The smallest absolute Gasteiger partial charge is 0.130 e. The fourth-order valence-electron chi connectivity index (χ4n) is 4.06. The highest BCUT2D eigenvalue weighted by Crippen LogP contribution is 2.33. The molecule has 30 heavy (non-hydrogen) atoms. The number of nitrogens with zero attached hydrogens (tertiary/aromatic N) is 4. The number of aliphatic hydroxyl groups excluding tert-OH is 1. The van der Waals surface area contributed by atoms with E-state index in [1.807, 2.05) is 18.7 Å². The Hall–Kier alpha value is -2.51. The van der Waals surface area contributed by atoms with E-state index < -0.39 is 6.10 Å². The van der Waals surface area contributed by atoms with E-state index in [0.717, 1.165) is 41.1 Å². The van der Waals surface area contributed by atoms with Crippen LogP contribution in [0, 0.1) is 5.92 Å². The lowest BCUT2D eigenvalue weighted by molar-refractivity contribution is -0.0424. The minimum Gasteiger partial charge on any atom is -0.393 e. The maximum atomic E-state index is 10.7. The molecule has 0 unspecified atom stereocenters. The summed E-state index contributed by atoms with van der Waals surface area (Å²) >= 11 is 0.